The molecule has 4 rings (SSSR count). The standard InChI is InChI=1S/C40H55FO/c1-8-29-24-34(19-20-35(29)36-21-18-33(26-38(36)41)32-16-14-28(7)15-17-32)37-25-31(10-3)39(27-30(37)9-2)42-23-22-40(11-4,12-5)13-6/h18-21,24-28,32H,8-17,22-23H2,1-7H3. The van der Waals surface area contributed by atoms with Crippen molar-refractivity contribution >= 4 is 0 Å². The Morgan fingerprint density at radius 2 is 1.31 bits per heavy atom. The molecule has 0 unspecified atom stereocenters. The van der Waals surface area contributed by atoms with Crippen LogP contribution in [-0.2, 0) is 19.3 Å². The minimum Gasteiger partial charge on any atom is -0.493 e. The molecule has 0 saturated heterocycles. The van der Waals surface area contributed by atoms with Crippen LogP contribution in [0.15, 0.2) is 48.5 Å². The summed E-state index contributed by atoms with van der Waals surface area (Å²) in [5.74, 6) is 2.25. The average Bonchev–Trinajstić information content (AvgIpc) is 3.03. The number of ether oxygens (including phenoxy) is 1. The van der Waals surface area contributed by atoms with Crippen molar-refractivity contribution in [2.24, 2.45) is 11.3 Å². The van der Waals surface area contributed by atoms with Crippen LogP contribution in [0.3, 0.4) is 0 Å². The van der Waals surface area contributed by atoms with Crippen LogP contribution in [0.1, 0.15) is 128 Å². The van der Waals surface area contributed by atoms with E-state index < -0.39 is 0 Å². The zero-order valence-electron chi connectivity index (χ0n) is 27.5. The summed E-state index contributed by atoms with van der Waals surface area (Å²) < 4.78 is 22.1. The number of hydrogen-bond acceptors (Lipinski definition) is 1. The molecular weight excluding hydrogens is 515 g/mol. The van der Waals surface area contributed by atoms with Gasteiger partial charge in [-0.05, 0) is 113 Å². The van der Waals surface area contributed by atoms with Crippen LogP contribution in [-0.4, -0.2) is 6.61 Å². The SMILES string of the molecule is CCc1cc(-c2ccc(-c3ccc(C4CCC(C)CC4)cc3F)c(CC)c2)c(CC)cc1OCCC(CC)(CC)CC. The van der Waals surface area contributed by atoms with E-state index in [0.717, 1.165) is 55.1 Å². The number of benzene rings is 3. The molecule has 0 spiro atoms. The summed E-state index contributed by atoms with van der Waals surface area (Å²) in [6.07, 6.45) is 12.3. The third kappa shape index (κ3) is 7.12. The second kappa shape index (κ2) is 14.7. The van der Waals surface area contributed by atoms with Crippen molar-refractivity contribution in [3.63, 3.8) is 0 Å². The van der Waals surface area contributed by atoms with E-state index in [2.05, 4.69) is 84.9 Å². The van der Waals surface area contributed by atoms with Crippen molar-refractivity contribution < 1.29 is 9.13 Å². The zero-order chi connectivity index (χ0) is 30.3. The Kier molecular flexibility index (Phi) is 11.3. The first-order chi connectivity index (χ1) is 20.3. The molecule has 42 heavy (non-hydrogen) atoms. The van der Waals surface area contributed by atoms with E-state index in [0.29, 0.717) is 11.3 Å². The van der Waals surface area contributed by atoms with Crippen LogP contribution in [0.4, 0.5) is 4.39 Å². The molecule has 0 bridgehead atoms. The van der Waals surface area contributed by atoms with E-state index in [1.165, 1.54) is 78.3 Å². The fourth-order valence-corrected chi connectivity index (χ4v) is 7.21. The molecule has 0 atom stereocenters. The van der Waals surface area contributed by atoms with Crippen LogP contribution in [0.25, 0.3) is 22.3 Å². The Labute approximate surface area is 256 Å². The van der Waals surface area contributed by atoms with Crippen molar-refractivity contribution in [2.75, 3.05) is 6.61 Å². The van der Waals surface area contributed by atoms with Crippen LogP contribution in [0.5, 0.6) is 5.75 Å². The van der Waals surface area contributed by atoms with E-state index >= 15 is 4.39 Å². The largest absolute Gasteiger partial charge is 0.493 e. The fraction of sp³-hybridized carbons (Fsp3) is 0.550. The lowest BCUT2D eigenvalue weighted by Gasteiger charge is -2.30. The van der Waals surface area contributed by atoms with Gasteiger partial charge in [0.25, 0.3) is 0 Å². The molecule has 3 aromatic carbocycles. The maximum atomic E-state index is 15.6. The number of rotatable bonds is 13. The van der Waals surface area contributed by atoms with Gasteiger partial charge in [-0.2, -0.15) is 0 Å². The Hall–Kier alpha value is -2.61. The average molecular weight is 571 g/mol. The molecule has 1 aliphatic rings. The van der Waals surface area contributed by atoms with Gasteiger partial charge in [0, 0.05) is 5.56 Å². The molecule has 1 nitrogen and oxygen atoms in total. The van der Waals surface area contributed by atoms with Gasteiger partial charge in [0.2, 0.25) is 0 Å². The maximum absolute atomic E-state index is 15.6. The summed E-state index contributed by atoms with van der Waals surface area (Å²) in [6, 6.07) is 17.3. The van der Waals surface area contributed by atoms with Crippen LogP contribution >= 0.6 is 0 Å². The van der Waals surface area contributed by atoms with Crippen molar-refractivity contribution in [2.45, 2.75) is 125 Å². The smallest absolute Gasteiger partial charge is 0.131 e. The van der Waals surface area contributed by atoms with Gasteiger partial charge in [0.05, 0.1) is 6.61 Å². The first-order valence-corrected chi connectivity index (χ1v) is 17.0. The lowest BCUT2D eigenvalue weighted by atomic mass is 9.77. The van der Waals surface area contributed by atoms with Gasteiger partial charge >= 0.3 is 0 Å². The Balaban J connectivity index is 1.60. The highest BCUT2D eigenvalue weighted by molar-refractivity contribution is 5.76. The molecular formula is C40H55FO. The van der Waals surface area contributed by atoms with Crippen LogP contribution in [0.2, 0.25) is 0 Å². The second-order valence-electron chi connectivity index (χ2n) is 12.9. The van der Waals surface area contributed by atoms with Gasteiger partial charge in [-0.3, -0.25) is 0 Å². The van der Waals surface area contributed by atoms with E-state index in [1.54, 1.807) is 0 Å². The van der Waals surface area contributed by atoms with E-state index in [9.17, 15) is 0 Å². The van der Waals surface area contributed by atoms with Gasteiger partial charge in [-0.25, -0.2) is 4.39 Å². The first kappa shape index (κ1) is 32.3. The zero-order valence-corrected chi connectivity index (χ0v) is 27.5. The second-order valence-corrected chi connectivity index (χ2v) is 12.9. The molecule has 0 heterocycles. The Bertz CT molecular complexity index is 1300. The Morgan fingerprint density at radius 1 is 0.690 bits per heavy atom. The van der Waals surface area contributed by atoms with Gasteiger partial charge in [0.1, 0.15) is 11.6 Å². The molecule has 2 heteroatoms. The lowest BCUT2D eigenvalue weighted by Crippen LogP contribution is -2.21. The summed E-state index contributed by atoms with van der Waals surface area (Å²) in [5.41, 5.74) is 9.54. The highest BCUT2D eigenvalue weighted by Gasteiger charge is 2.24. The molecule has 0 radical (unpaired) electrons. The quantitative estimate of drug-likeness (QED) is 0.199. The minimum absolute atomic E-state index is 0.0872. The van der Waals surface area contributed by atoms with Crippen LogP contribution < -0.4 is 4.74 Å². The third-order valence-corrected chi connectivity index (χ3v) is 10.8. The van der Waals surface area contributed by atoms with Crippen molar-refractivity contribution in [1.29, 1.82) is 0 Å². The normalized spacial score (nSPS) is 17.4. The van der Waals surface area contributed by atoms with E-state index in [1.807, 2.05) is 12.1 Å². The van der Waals surface area contributed by atoms with Crippen LogP contribution in [0, 0.1) is 17.2 Å². The van der Waals surface area contributed by atoms with Gasteiger partial charge in [0.15, 0.2) is 0 Å². The number of hydrogen-bond donors (Lipinski definition) is 0. The molecule has 0 amide bonds. The molecule has 0 aliphatic heterocycles. The van der Waals surface area contributed by atoms with Crippen molar-refractivity contribution in [3.05, 3.63) is 76.6 Å². The predicted octanol–water partition coefficient (Wildman–Crippen LogP) is 12.1. The van der Waals surface area contributed by atoms with Gasteiger partial charge in [-0.1, -0.05) is 111 Å². The van der Waals surface area contributed by atoms with E-state index in [-0.39, 0.29) is 5.82 Å². The molecule has 1 fully saturated rings. The molecule has 3 aromatic rings. The molecule has 1 aliphatic carbocycles. The lowest BCUT2D eigenvalue weighted by molar-refractivity contribution is 0.173. The number of aryl methyl sites for hydroxylation is 3. The minimum atomic E-state index is -0.0872. The summed E-state index contributed by atoms with van der Waals surface area (Å²) in [5, 5.41) is 0. The summed E-state index contributed by atoms with van der Waals surface area (Å²) >= 11 is 0. The van der Waals surface area contributed by atoms with Crippen molar-refractivity contribution in [1.82, 2.24) is 0 Å². The fourth-order valence-electron chi connectivity index (χ4n) is 7.21. The van der Waals surface area contributed by atoms with Crippen molar-refractivity contribution in [3.8, 4) is 28.0 Å². The van der Waals surface area contributed by atoms with Gasteiger partial charge < -0.3 is 4.74 Å². The first-order valence-electron chi connectivity index (χ1n) is 17.0. The van der Waals surface area contributed by atoms with E-state index in [4.69, 9.17) is 4.74 Å². The molecule has 1 saturated carbocycles. The summed E-state index contributed by atoms with van der Waals surface area (Å²) in [6.45, 7) is 16.7. The predicted molar refractivity (Wildman–Crippen MR) is 179 cm³/mol. The summed E-state index contributed by atoms with van der Waals surface area (Å²) in [7, 11) is 0. The van der Waals surface area contributed by atoms with Gasteiger partial charge in [-0.15, -0.1) is 0 Å². The monoisotopic (exact) mass is 570 g/mol. The third-order valence-electron chi connectivity index (χ3n) is 10.8. The number of halogens is 1. The summed E-state index contributed by atoms with van der Waals surface area (Å²) in [4.78, 5) is 0. The molecule has 0 aromatic heterocycles. The highest BCUT2D eigenvalue weighted by atomic mass is 19.1. The molecule has 0 N–H and O–H groups in total. The topological polar surface area (TPSA) is 9.23 Å². The Morgan fingerprint density at radius 3 is 1.90 bits per heavy atom. The highest BCUT2D eigenvalue weighted by Crippen LogP contribution is 2.40. The maximum Gasteiger partial charge on any atom is 0.131 e. The molecule has 228 valence electrons.